The fourth-order valence-electron chi connectivity index (χ4n) is 2.18. The Morgan fingerprint density at radius 2 is 1.90 bits per heavy atom. The van der Waals surface area contributed by atoms with Crippen LogP contribution in [0.25, 0.3) is 0 Å². The average molecular weight is 282 g/mol. The first-order valence-corrected chi connectivity index (χ1v) is 6.43. The van der Waals surface area contributed by atoms with E-state index in [1.165, 1.54) is 0 Å². The average Bonchev–Trinajstić information content (AvgIpc) is 2.42. The van der Waals surface area contributed by atoms with Crippen molar-refractivity contribution in [1.29, 1.82) is 5.26 Å². The molecule has 20 heavy (non-hydrogen) atoms. The third-order valence-electron chi connectivity index (χ3n) is 3.45. The highest BCUT2D eigenvalue weighted by Gasteiger charge is 2.29. The molecule has 6 heteroatoms. The predicted octanol–water partition coefficient (Wildman–Crippen LogP) is 1.47. The monoisotopic (exact) mass is 282 g/mol. The molecular weight excluding hydrogens is 266 g/mol. The van der Waals surface area contributed by atoms with Crippen LogP contribution in [0.15, 0.2) is 12.1 Å². The number of halogens is 2. The second kappa shape index (κ2) is 6.27. The van der Waals surface area contributed by atoms with Gasteiger partial charge in [-0.2, -0.15) is 5.26 Å². The van der Waals surface area contributed by atoms with Crippen molar-refractivity contribution >= 4 is 0 Å². The van der Waals surface area contributed by atoms with Gasteiger partial charge in [0.2, 0.25) is 0 Å². The first-order chi connectivity index (χ1) is 9.54. The number of nitrogens with zero attached hydrogens (tertiary/aromatic N) is 1. The molecule has 1 saturated heterocycles. The molecule has 1 aromatic rings. The van der Waals surface area contributed by atoms with Gasteiger partial charge in [-0.05, 0) is 12.1 Å². The Hall–Kier alpha value is -1.55. The molecule has 1 aromatic carbocycles. The summed E-state index contributed by atoms with van der Waals surface area (Å²) in [6, 6.07) is 3.70. The summed E-state index contributed by atoms with van der Waals surface area (Å²) in [6.45, 7) is 1.18. The van der Waals surface area contributed by atoms with Gasteiger partial charge in [-0.15, -0.1) is 0 Å². The molecule has 2 rings (SSSR count). The molecule has 1 aliphatic heterocycles. The van der Waals surface area contributed by atoms with Crippen molar-refractivity contribution < 1.29 is 18.6 Å². The van der Waals surface area contributed by atoms with Crippen LogP contribution in [-0.2, 0) is 11.3 Å². The zero-order valence-corrected chi connectivity index (χ0v) is 11.0. The maximum Gasteiger partial charge on any atom is 0.131 e. The summed E-state index contributed by atoms with van der Waals surface area (Å²) >= 11 is 0. The number of benzene rings is 1. The molecule has 0 amide bonds. The number of nitrogens with one attached hydrogen (secondary N) is 1. The Morgan fingerprint density at radius 1 is 1.30 bits per heavy atom. The zero-order valence-electron chi connectivity index (χ0n) is 11.0. The predicted molar refractivity (Wildman–Crippen MR) is 67.8 cm³/mol. The van der Waals surface area contributed by atoms with Gasteiger partial charge in [0.15, 0.2) is 0 Å². The van der Waals surface area contributed by atoms with Crippen LogP contribution in [0.2, 0.25) is 0 Å². The molecule has 4 nitrogen and oxygen atoms in total. The van der Waals surface area contributed by atoms with E-state index >= 15 is 0 Å². The minimum atomic E-state index is -0.891. The van der Waals surface area contributed by atoms with E-state index in [1.54, 1.807) is 6.07 Å². The van der Waals surface area contributed by atoms with E-state index in [-0.39, 0.29) is 24.2 Å². The largest absolute Gasteiger partial charge is 0.388 e. The van der Waals surface area contributed by atoms with Gasteiger partial charge >= 0.3 is 0 Å². The third-order valence-corrected chi connectivity index (χ3v) is 3.45. The van der Waals surface area contributed by atoms with Gasteiger partial charge in [0.1, 0.15) is 11.6 Å². The smallest absolute Gasteiger partial charge is 0.131 e. The Kier molecular flexibility index (Phi) is 4.65. The molecule has 0 aliphatic carbocycles. The second-order valence-corrected chi connectivity index (χ2v) is 4.97. The number of hydrogen-bond acceptors (Lipinski definition) is 4. The molecule has 0 atom stereocenters. The van der Waals surface area contributed by atoms with Crippen LogP contribution >= 0.6 is 0 Å². The van der Waals surface area contributed by atoms with Gasteiger partial charge in [0.25, 0.3) is 0 Å². The summed E-state index contributed by atoms with van der Waals surface area (Å²) < 4.78 is 32.4. The molecule has 1 heterocycles. The fourth-order valence-corrected chi connectivity index (χ4v) is 2.18. The van der Waals surface area contributed by atoms with E-state index in [4.69, 9.17) is 10.00 Å². The molecule has 0 aromatic heterocycles. The maximum atomic E-state index is 13.6. The van der Waals surface area contributed by atoms with Crippen LogP contribution in [0.5, 0.6) is 0 Å². The molecule has 2 N–H and O–H groups in total. The molecule has 1 fully saturated rings. The molecule has 0 saturated carbocycles. The Balaban J connectivity index is 1.96. The van der Waals surface area contributed by atoms with Crippen LogP contribution < -0.4 is 5.32 Å². The van der Waals surface area contributed by atoms with E-state index in [2.05, 4.69) is 5.32 Å². The lowest BCUT2D eigenvalue weighted by Crippen LogP contribution is -2.44. The standard InChI is InChI=1S/C14H16F2N2O2/c15-12-5-10(7-17)6-13(16)11(12)8-18-9-14(19)1-3-20-4-2-14/h5-6,18-19H,1-4,8-9H2. The SMILES string of the molecule is N#Cc1cc(F)c(CNCC2(O)CCOCC2)c(F)c1. The van der Waals surface area contributed by atoms with Gasteiger partial charge in [0.05, 0.1) is 17.2 Å². The van der Waals surface area contributed by atoms with Crippen LogP contribution in [0.3, 0.4) is 0 Å². The van der Waals surface area contributed by atoms with Crippen LogP contribution in [0.4, 0.5) is 8.78 Å². The van der Waals surface area contributed by atoms with Gasteiger partial charge in [-0.1, -0.05) is 0 Å². The van der Waals surface area contributed by atoms with E-state index in [0.717, 1.165) is 12.1 Å². The highest BCUT2D eigenvalue weighted by atomic mass is 19.1. The Labute approximate surface area is 116 Å². The molecule has 0 spiro atoms. The number of hydrogen-bond donors (Lipinski definition) is 2. The van der Waals surface area contributed by atoms with Gasteiger partial charge in [-0.25, -0.2) is 8.78 Å². The van der Waals surface area contributed by atoms with Crippen LogP contribution in [0, 0.1) is 23.0 Å². The quantitative estimate of drug-likeness (QED) is 0.877. The zero-order chi connectivity index (χ0) is 14.6. The van der Waals surface area contributed by atoms with Crippen molar-refractivity contribution in [2.75, 3.05) is 19.8 Å². The number of ether oxygens (including phenoxy) is 1. The van der Waals surface area contributed by atoms with E-state index < -0.39 is 17.2 Å². The van der Waals surface area contributed by atoms with Gasteiger partial charge < -0.3 is 15.2 Å². The van der Waals surface area contributed by atoms with Crippen molar-refractivity contribution in [3.05, 3.63) is 34.9 Å². The van der Waals surface area contributed by atoms with Crippen LogP contribution in [-0.4, -0.2) is 30.5 Å². The van der Waals surface area contributed by atoms with Crippen molar-refractivity contribution in [3.63, 3.8) is 0 Å². The lowest BCUT2D eigenvalue weighted by Gasteiger charge is -2.32. The normalized spacial score (nSPS) is 17.7. The summed E-state index contributed by atoms with van der Waals surface area (Å²) in [5.41, 5.74) is -1.07. The van der Waals surface area contributed by atoms with E-state index in [9.17, 15) is 13.9 Å². The number of rotatable bonds is 4. The maximum absolute atomic E-state index is 13.6. The van der Waals surface area contributed by atoms with Crippen molar-refractivity contribution in [2.45, 2.75) is 25.0 Å². The third kappa shape index (κ3) is 3.51. The fraction of sp³-hybridized carbons (Fsp3) is 0.500. The van der Waals surface area contributed by atoms with E-state index in [1.807, 2.05) is 0 Å². The molecule has 1 aliphatic rings. The van der Waals surface area contributed by atoms with Crippen molar-refractivity contribution in [1.82, 2.24) is 5.32 Å². The highest BCUT2D eigenvalue weighted by Crippen LogP contribution is 2.20. The van der Waals surface area contributed by atoms with Gasteiger partial charge in [0, 0.05) is 44.7 Å². The minimum Gasteiger partial charge on any atom is -0.388 e. The first kappa shape index (κ1) is 14.9. The number of nitriles is 1. The van der Waals surface area contributed by atoms with Crippen molar-refractivity contribution in [2.24, 2.45) is 0 Å². The molecule has 0 radical (unpaired) electrons. The second-order valence-electron chi connectivity index (χ2n) is 4.97. The first-order valence-electron chi connectivity index (χ1n) is 6.43. The minimum absolute atomic E-state index is 0.0352. The Morgan fingerprint density at radius 3 is 2.45 bits per heavy atom. The highest BCUT2D eigenvalue weighted by molar-refractivity contribution is 5.34. The topological polar surface area (TPSA) is 65.3 Å². The van der Waals surface area contributed by atoms with Gasteiger partial charge in [-0.3, -0.25) is 0 Å². The lowest BCUT2D eigenvalue weighted by molar-refractivity contribution is -0.0617. The summed E-state index contributed by atoms with van der Waals surface area (Å²) in [6.07, 6.45) is 0.997. The van der Waals surface area contributed by atoms with E-state index in [0.29, 0.717) is 26.1 Å². The summed E-state index contributed by atoms with van der Waals surface area (Å²) in [4.78, 5) is 0. The lowest BCUT2D eigenvalue weighted by atomic mass is 9.94. The molecule has 108 valence electrons. The van der Waals surface area contributed by atoms with Crippen molar-refractivity contribution in [3.8, 4) is 6.07 Å². The molecule has 0 bridgehead atoms. The number of aliphatic hydroxyl groups is 1. The summed E-state index contributed by atoms with van der Waals surface area (Å²) in [7, 11) is 0. The van der Waals surface area contributed by atoms with Crippen LogP contribution in [0.1, 0.15) is 24.0 Å². The summed E-state index contributed by atoms with van der Waals surface area (Å²) in [5, 5.41) is 21.7. The molecule has 0 unspecified atom stereocenters. The molecular formula is C14H16F2N2O2. The Bertz CT molecular complexity index is 499. The summed E-state index contributed by atoms with van der Waals surface area (Å²) in [5.74, 6) is -1.51.